The molecule has 0 saturated carbocycles. The Labute approximate surface area is 178 Å². The van der Waals surface area contributed by atoms with Gasteiger partial charge in [0.05, 0.1) is 24.8 Å². The van der Waals surface area contributed by atoms with Crippen LogP contribution in [0.1, 0.15) is 28.7 Å². The van der Waals surface area contributed by atoms with Crippen molar-refractivity contribution in [3.05, 3.63) is 62.0 Å². The van der Waals surface area contributed by atoms with Gasteiger partial charge in [-0.3, -0.25) is 4.90 Å². The molecular weight excluding hydrogens is 406 g/mol. The molecule has 0 spiro atoms. The number of fused-ring (bicyclic) bond motifs is 5. The molecule has 3 aromatic rings. The Morgan fingerprint density at radius 2 is 1.87 bits per heavy atom. The minimum Gasteiger partial charge on any atom is -0.493 e. The Hall–Kier alpha value is -2.70. The van der Waals surface area contributed by atoms with Crippen LogP contribution in [0, 0.1) is 0 Å². The summed E-state index contributed by atoms with van der Waals surface area (Å²) >= 11 is 6.56. The predicted molar refractivity (Wildman–Crippen MR) is 113 cm³/mol. The molecule has 2 aliphatic rings. The Morgan fingerprint density at radius 1 is 1.07 bits per heavy atom. The summed E-state index contributed by atoms with van der Waals surface area (Å²) in [4.78, 5) is 13.7. The molecule has 2 aromatic carbocycles. The third-order valence-corrected chi connectivity index (χ3v) is 6.30. The first-order chi connectivity index (χ1) is 14.6. The molecular formula is C23H23ClNO5+. The molecule has 0 fully saturated rings. The van der Waals surface area contributed by atoms with Gasteiger partial charge in [-0.05, 0) is 49.1 Å². The highest BCUT2D eigenvalue weighted by Crippen LogP contribution is 2.39. The van der Waals surface area contributed by atoms with Gasteiger partial charge in [-0.1, -0.05) is 11.6 Å². The Morgan fingerprint density at radius 3 is 2.67 bits per heavy atom. The number of hydrogen-bond acceptors (Lipinski definition) is 5. The molecule has 1 N–H and O–H groups in total. The van der Waals surface area contributed by atoms with E-state index >= 15 is 0 Å². The fraction of sp³-hybridized carbons (Fsp3) is 0.348. The van der Waals surface area contributed by atoms with Crippen molar-refractivity contribution in [3.8, 4) is 17.2 Å². The summed E-state index contributed by atoms with van der Waals surface area (Å²) in [6, 6.07) is 7.79. The summed E-state index contributed by atoms with van der Waals surface area (Å²) in [5.74, 6) is 2.02. The van der Waals surface area contributed by atoms with Crippen LogP contribution in [0.2, 0.25) is 5.02 Å². The number of methoxy groups -OCH3 is 2. The van der Waals surface area contributed by atoms with Gasteiger partial charge in [0.2, 0.25) is 6.73 Å². The van der Waals surface area contributed by atoms with Gasteiger partial charge >= 0.3 is 5.63 Å². The second kappa shape index (κ2) is 7.52. The van der Waals surface area contributed by atoms with Gasteiger partial charge in [-0.15, -0.1) is 0 Å². The van der Waals surface area contributed by atoms with Crippen LogP contribution < -0.4 is 24.7 Å². The van der Waals surface area contributed by atoms with Crippen molar-refractivity contribution in [1.29, 1.82) is 0 Å². The van der Waals surface area contributed by atoms with Crippen LogP contribution in [0.5, 0.6) is 17.2 Å². The number of rotatable bonds is 4. The van der Waals surface area contributed by atoms with E-state index in [0.717, 1.165) is 53.4 Å². The number of ether oxygens (including phenoxy) is 3. The summed E-state index contributed by atoms with van der Waals surface area (Å²) in [7, 11) is 3.25. The van der Waals surface area contributed by atoms with E-state index in [-0.39, 0.29) is 5.63 Å². The van der Waals surface area contributed by atoms with Crippen LogP contribution in [0.4, 0.5) is 0 Å². The van der Waals surface area contributed by atoms with Gasteiger partial charge in [0.25, 0.3) is 0 Å². The van der Waals surface area contributed by atoms with E-state index in [1.54, 1.807) is 14.2 Å². The number of aryl methyl sites for hydroxylation is 1. The van der Waals surface area contributed by atoms with Gasteiger partial charge in [-0.25, -0.2) is 4.79 Å². The maximum absolute atomic E-state index is 12.5. The normalized spacial score (nSPS) is 17.4. The van der Waals surface area contributed by atoms with Crippen molar-refractivity contribution in [2.24, 2.45) is 0 Å². The van der Waals surface area contributed by atoms with E-state index in [1.807, 2.05) is 24.3 Å². The Kier molecular flexibility index (Phi) is 4.83. The van der Waals surface area contributed by atoms with Gasteiger partial charge < -0.3 is 18.6 Å². The molecule has 0 amide bonds. The van der Waals surface area contributed by atoms with E-state index in [9.17, 15) is 4.79 Å². The molecule has 2 heterocycles. The molecule has 1 aliphatic heterocycles. The molecule has 7 heteroatoms. The molecule has 5 rings (SSSR count). The topological polar surface area (TPSA) is 62.3 Å². The monoisotopic (exact) mass is 428 g/mol. The SMILES string of the molecule is COc1ccc(C[NH+]2COc3c(Cl)cc4c5c(c(=O)oc4c3C2)CCC5)cc1OC. The first-order valence-corrected chi connectivity index (χ1v) is 10.4. The highest BCUT2D eigenvalue weighted by Gasteiger charge is 2.30. The van der Waals surface area contributed by atoms with E-state index in [1.165, 1.54) is 4.90 Å². The van der Waals surface area contributed by atoms with Crippen molar-refractivity contribution < 1.29 is 23.5 Å². The van der Waals surface area contributed by atoms with Gasteiger partial charge in [-0.2, -0.15) is 0 Å². The van der Waals surface area contributed by atoms with Gasteiger partial charge in [0, 0.05) is 16.5 Å². The fourth-order valence-corrected chi connectivity index (χ4v) is 4.89. The largest absolute Gasteiger partial charge is 0.493 e. The molecule has 1 aromatic heterocycles. The molecule has 156 valence electrons. The fourth-order valence-electron chi connectivity index (χ4n) is 4.61. The lowest BCUT2D eigenvalue weighted by atomic mass is 10.0. The number of halogens is 1. The first-order valence-electron chi connectivity index (χ1n) is 10.1. The predicted octanol–water partition coefficient (Wildman–Crippen LogP) is 2.89. The van der Waals surface area contributed by atoms with Crippen molar-refractivity contribution in [1.82, 2.24) is 0 Å². The summed E-state index contributed by atoms with van der Waals surface area (Å²) in [6.07, 6.45) is 2.63. The first kappa shape index (κ1) is 19.3. The highest BCUT2D eigenvalue weighted by molar-refractivity contribution is 6.33. The van der Waals surface area contributed by atoms with E-state index in [0.29, 0.717) is 41.1 Å². The quantitative estimate of drug-likeness (QED) is 0.647. The Bertz CT molecular complexity index is 1200. The number of nitrogens with one attached hydrogen (secondary N) is 1. The molecule has 0 radical (unpaired) electrons. The summed E-state index contributed by atoms with van der Waals surface area (Å²) in [6.45, 7) is 1.85. The zero-order valence-corrected chi connectivity index (χ0v) is 17.7. The third kappa shape index (κ3) is 3.11. The molecule has 30 heavy (non-hydrogen) atoms. The van der Waals surface area contributed by atoms with Crippen molar-refractivity contribution in [2.45, 2.75) is 32.4 Å². The summed E-state index contributed by atoms with van der Waals surface area (Å²) in [5, 5.41) is 1.52. The van der Waals surface area contributed by atoms with E-state index < -0.39 is 0 Å². The lowest BCUT2D eigenvalue weighted by Gasteiger charge is -2.27. The summed E-state index contributed by atoms with van der Waals surface area (Å²) in [5.41, 5.74) is 4.23. The molecule has 1 unspecified atom stereocenters. The van der Waals surface area contributed by atoms with Crippen molar-refractivity contribution >= 4 is 22.6 Å². The van der Waals surface area contributed by atoms with Crippen molar-refractivity contribution in [3.63, 3.8) is 0 Å². The molecule has 1 aliphatic carbocycles. The maximum atomic E-state index is 12.5. The van der Waals surface area contributed by atoms with Crippen LogP contribution >= 0.6 is 11.6 Å². The second-order valence-electron chi connectivity index (χ2n) is 7.82. The lowest BCUT2D eigenvalue weighted by molar-refractivity contribution is -0.945. The van der Waals surface area contributed by atoms with Gasteiger partial charge in [0.15, 0.2) is 22.8 Å². The molecule has 0 bridgehead atoms. The zero-order valence-electron chi connectivity index (χ0n) is 17.0. The number of benzene rings is 2. The second-order valence-corrected chi connectivity index (χ2v) is 8.23. The lowest BCUT2D eigenvalue weighted by Crippen LogP contribution is -3.10. The smallest absolute Gasteiger partial charge is 0.339 e. The standard InChI is InChI=1S/C23H22ClNO5/c1-27-19-7-6-13(8-20(19)28-2)10-25-11-17-21-16(9-18(24)22(17)29-12-25)14-4-3-5-15(14)23(26)30-21/h6-9H,3-5,10-12H2,1-2H3/p+1. The average molecular weight is 429 g/mol. The van der Waals surface area contributed by atoms with E-state index in [2.05, 4.69) is 0 Å². The van der Waals surface area contributed by atoms with Crippen molar-refractivity contribution in [2.75, 3.05) is 21.0 Å². The van der Waals surface area contributed by atoms with E-state index in [4.69, 9.17) is 30.2 Å². The highest BCUT2D eigenvalue weighted by atomic mass is 35.5. The van der Waals surface area contributed by atoms with Crippen LogP contribution in [0.25, 0.3) is 11.0 Å². The molecule has 6 nitrogen and oxygen atoms in total. The van der Waals surface area contributed by atoms with Crippen LogP contribution in [0.3, 0.4) is 0 Å². The average Bonchev–Trinajstić information content (AvgIpc) is 3.26. The third-order valence-electron chi connectivity index (χ3n) is 6.01. The van der Waals surface area contributed by atoms with Gasteiger partial charge in [0.1, 0.15) is 13.1 Å². The van der Waals surface area contributed by atoms with Crippen LogP contribution in [-0.4, -0.2) is 21.0 Å². The molecule has 0 saturated heterocycles. The molecule has 1 atom stereocenters. The minimum atomic E-state index is -0.230. The number of quaternary nitrogens is 1. The minimum absolute atomic E-state index is 0.230. The van der Waals surface area contributed by atoms with Crippen LogP contribution in [-0.2, 0) is 25.9 Å². The summed E-state index contributed by atoms with van der Waals surface area (Å²) < 4.78 is 22.5. The van der Waals surface area contributed by atoms with Crippen LogP contribution in [0.15, 0.2) is 33.5 Å². The number of hydrogen-bond donors (Lipinski definition) is 1. The zero-order chi connectivity index (χ0) is 20.8. The maximum Gasteiger partial charge on any atom is 0.339 e. The Balaban J connectivity index is 1.52.